The number of rotatable bonds is 5. The van der Waals surface area contributed by atoms with Crippen LogP contribution in [0.5, 0.6) is 5.88 Å². The zero-order valence-electron chi connectivity index (χ0n) is 12.0. The number of hydrogen-bond donors (Lipinski definition) is 1. The van der Waals surface area contributed by atoms with Crippen molar-refractivity contribution in [3.05, 3.63) is 15.9 Å². The summed E-state index contributed by atoms with van der Waals surface area (Å²) in [5.74, 6) is 0.733. The van der Waals surface area contributed by atoms with E-state index < -0.39 is 4.92 Å². The van der Waals surface area contributed by atoms with E-state index in [1.54, 1.807) is 6.92 Å². The third kappa shape index (κ3) is 3.52. The normalized spacial score (nSPS) is 11.2. The summed E-state index contributed by atoms with van der Waals surface area (Å²) in [4.78, 5) is 19.1. The first kappa shape index (κ1) is 15.1. The molecule has 0 saturated heterocycles. The average molecular weight is 268 g/mol. The van der Waals surface area contributed by atoms with Crippen molar-refractivity contribution in [1.29, 1.82) is 0 Å². The van der Waals surface area contributed by atoms with Crippen LogP contribution in [0.4, 0.5) is 11.5 Å². The zero-order chi connectivity index (χ0) is 14.6. The molecule has 7 nitrogen and oxygen atoms in total. The molecule has 0 amide bonds. The van der Waals surface area contributed by atoms with Crippen LogP contribution >= 0.6 is 0 Å². The number of nitro groups is 1. The second-order valence-electron chi connectivity index (χ2n) is 5.02. The molecule has 0 aromatic carbocycles. The maximum absolute atomic E-state index is 11.2. The first-order valence-corrected chi connectivity index (χ1v) is 6.24. The lowest BCUT2D eigenvalue weighted by atomic mass is 9.96. The third-order valence-electron chi connectivity index (χ3n) is 2.33. The van der Waals surface area contributed by atoms with E-state index in [0.717, 1.165) is 0 Å². The van der Waals surface area contributed by atoms with Gasteiger partial charge in [0.15, 0.2) is 0 Å². The molecule has 0 spiro atoms. The van der Waals surface area contributed by atoms with E-state index in [9.17, 15) is 10.1 Å². The van der Waals surface area contributed by atoms with Gasteiger partial charge in [0.05, 0.1) is 11.5 Å². The number of aromatic nitrogens is 2. The van der Waals surface area contributed by atoms with Gasteiger partial charge in [0.25, 0.3) is 5.88 Å². The first-order chi connectivity index (χ1) is 8.81. The van der Waals surface area contributed by atoms with Gasteiger partial charge in [0.1, 0.15) is 5.82 Å². The van der Waals surface area contributed by atoms with Gasteiger partial charge >= 0.3 is 5.69 Å². The van der Waals surface area contributed by atoms with Crippen LogP contribution in [0.15, 0.2) is 0 Å². The van der Waals surface area contributed by atoms with Gasteiger partial charge in [-0.1, -0.05) is 20.8 Å². The molecule has 19 heavy (non-hydrogen) atoms. The van der Waals surface area contributed by atoms with Crippen LogP contribution in [0, 0.1) is 10.1 Å². The Labute approximate surface area is 112 Å². The molecule has 0 atom stereocenters. The topological polar surface area (TPSA) is 90.2 Å². The summed E-state index contributed by atoms with van der Waals surface area (Å²) in [7, 11) is 0. The van der Waals surface area contributed by atoms with Crippen molar-refractivity contribution in [3.63, 3.8) is 0 Å². The van der Waals surface area contributed by atoms with E-state index in [-0.39, 0.29) is 22.8 Å². The molecular formula is C12H20N4O3. The van der Waals surface area contributed by atoms with Gasteiger partial charge in [-0.15, -0.1) is 0 Å². The minimum Gasteiger partial charge on any atom is -0.473 e. The Morgan fingerprint density at radius 2 is 1.95 bits per heavy atom. The molecule has 1 N–H and O–H groups in total. The van der Waals surface area contributed by atoms with E-state index in [4.69, 9.17) is 4.74 Å². The van der Waals surface area contributed by atoms with Crippen molar-refractivity contribution in [2.75, 3.05) is 18.5 Å². The fourth-order valence-corrected chi connectivity index (χ4v) is 1.46. The van der Waals surface area contributed by atoms with Crippen LogP contribution in [0.25, 0.3) is 0 Å². The van der Waals surface area contributed by atoms with Crippen molar-refractivity contribution in [1.82, 2.24) is 9.97 Å². The Kier molecular flexibility index (Phi) is 4.63. The van der Waals surface area contributed by atoms with Crippen LogP contribution in [0.3, 0.4) is 0 Å². The fraction of sp³-hybridized carbons (Fsp3) is 0.667. The Morgan fingerprint density at radius 1 is 1.32 bits per heavy atom. The maximum atomic E-state index is 11.2. The quantitative estimate of drug-likeness (QED) is 0.651. The van der Waals surface area contributed by atoms with E-state index >= 15 is 0 Å². The van der Waals surface area contributed by atoms with Gasteiger partial charge < -0.3 is 10.1 Å². The lowest BCUT2D eigenvalue weighted by Crippen LogP contribution is -2.19. The molecule has 0 fully saturated rings. The van der Waals surface area contributed by atoms with Crippen molar-refractivity contribution in [3.8, 4) is 5.88 Å². The van der Waals surface area contributed by atoms with Crippen LogP contribution in [0.2, 0.25) is 0 Å². The number of nitrogens with one attached hydrogen (secondary N) is 1. The van der Waals surface area contributed by atoms with Gasteiger partial charge in [-0.25, -0.2) is 4.98 Å². The average Bonchev–Trinajstić information content (AvgIpc) is 2.27. The third-order valence-corrected chi connectivity index (χ3v) is 2.33. The number of nitrogens with zero attached hydrogens (tertiary/aromatic N) is 3. The fourth-order valence-electron chi connectivity index (χ4n) is 1.46. The van der Waals surface area contributed by atoms with Gasteiger partial charge in [0, 0.05) is 12.0 Å². The molecule has 0 saturated carbocycles. The minimum atomic E-state index is -0.518. The zero-order valence-corrected chi connectivity index (χ0v) is 12.0. The first-order valence-electron chi connectivity index (χ1n) is 6.24. The van der Waals surface area contributed by atoms with Gasteiger partial charge in [-0.3, -0.25) is 10.1 Å². The molecule has 106 valence electrons. The number of anilines is 1. The van der Waals surface area contributed by atoms with Gasteiger partial charge in [-0.2, -0.15) is 4.98 Å². The molecular weight excluding hydrogens is 248 g/mol. The van der Waals surface area contributed by atoms with Crippen LogP contribution in [0.1, 0.15) is 40.4 Å². The minimum absolute atomic E-state index is 0.0170. The molecule has 7 heteroatoms. The van der Waals surface area contributed by atoms with Gasteiger partial charge in [-0.05, 0) is 13.8 Å². The molecule has 0 aliphatic heterocycles. The highest BCUT2D eigenvalue weighted by Gasteiger charge is 2.29. The lowest BCUT2D eigenvalue weighted by Gasteiger charge is -2.18. The van der Waals surface area contributed by atoms with E-state index in [0.29, 0.717) is 19.0 Å². The highest BCUT2D eigenvalue weighted by Crippen LogP contribution is 2.34. The SMILES string of the molecule is CCNc1nc(C(C)(C)C)nc(OCC)c1[N+](=O)[O-]. The molecule has 1 heterocycles. The van der Waals surface area contributed by atoms with Crippen LogP contribution < -0.4 is 10.1 Å². The van der Waals surface area contributed by atoms with Crippen molar-refractivity contribution < 1.29 is 9.66 Å². The summed E-state index contributed by atoms with van der Waals surface area (Å²) in [6, 6.07) is 0. The standard InChI is InChI=1S/C12H20N4O3/c1-6-13-9-8(16(17)18)10(19-7-2)15-11(14-9)12(3,4)5/h6-7H2,1-5H3,(H,13,14,15). The van der Waals surface area contributed by atoms with Crippen molar-refractivity contribution >= 4 is 11.5 Å². The smallest absolute Gasteiger partial charge is 0.372 e. The van der Waals surface area contributed by atoms with Crippen LogP contribution in [-0.4, -0.2) is 28.0 Å². The predicted octanol–water partition coefficient (Wildman–Crippen LogP) is 2.51. The molecule has 0 bridgehead atoms. The largest absolute Gasteiger partial charge is 0.473 e. The molecule has 0 radical (unpaired) electrons. The summed E-state index contributed by atoms with van der Waals surface area (Å²) < 4.78 is 5.29. The predicted molar refractivity (Wildman–Crippen MR) is 72.7 cm³/mol. The Morgan fingerprint density at radius 3 is 2.37 bits per heavy atom. The summed E-state index contributed by atoms with van der Waals surface area (Å²) in [6.07, 6.45) is 0. The monoisotopic (exact) mass is 268 g/mol. The molecule has 1 rings (SSSR count). The maximum Gasteiger partial charge on any atom is 0.372 e. The summed E-state index contributed by atoms with van der Waals surface area (Å²) >= 11 is 0. The highest BCUT2D eigenvalue weighted by molar-refractivity contribution is 5.62. The highest BCUT2D eigenvalue weighted by atomic mass is 16.6. The molecule has 0 aliphatic rings. The Hall–Kier alpha value is -1.92. The van der Waals surface area contributed by atoms with Crippen molar-refractivity contribution in [2.45, 2.75) is 40.0 Å². The molecule has 0 aliphatic carbocycles. The van der Waals surface area contributed by atoms with E-state index in [2.05, 4.69) is 15.3 Å². The van der Waals surface area contributed by atoms with E-state index in [1.165, 1.54) is 0 Å². The number of hydrogen-bond acceptors (Lipinski definition) is 6. The summed E-state index contributed by atoms with van der Waals surface area (Å²) in [5, 5.41) is 14.1. The van der Waals surface area contributed by atoms with Crippen LogP contribution in [-0.2, 0) is 5.41 Å². The number of ether oxygens (including phenoxy) is 1. The molecule has 1 aromatic heterocycles. The summed E-state index contributed by atoms with van der Waals surface area (Å²) in [5.41, 5.74) is -0.526. The Bertz CT molecular complexity index is 442. The molecule has 1 aromatic rings. The second kappa shape index (κ2) is 5.81. The van der Waals surface area contributed by atoms with E-state index in [1.807, 2.05) is 27.7 Å². The summed E-state index contributed by atoms with van der Waals surface area (Å²) in [6.45, 7) is 10.3. The second-order valence-corrected chi connectivity index (χ2v) is 5.02. The van der Waals surface area contributed by atoms with Gasteiger partial charge in [0.2, 0.25) is 5.82 Å². The van der Waals surface area contributed by atoms with Crippen molar-refractivity contribution in [2.24, 2.45) is 0 Å². The molecule has 0 unspecified atom stereocenters. The Balaban J connectivity index is 3.47. The lowest BCUT2D eigenvalue weighted by molar-refractivity contribution is -0.385.